The molecule has 2 rings (SSSR count). The van der Waals surface area contributed by atoms with Crippen molar-refractivity contribution in [3.8, 4) is 0 Å². The van der Waals surface area contributed by atoms with Crippen LogP contribution in [-0.4, -0.2) is 15.8 Å². The lowest BCUT2D eigenvalue weighted by atomic mass is 10.2. The molecule has 0 saturated heterocycles. The summed E-state index contributed by atoms with van der Waals surface area (Å²) in [6.07, 6.45) is 0. The molecule has 6 nitrogen and oxygen atoms in total. The summed E-state index contributed by atoms with van der Waals surface area (Å²) < 4.78 is 0.666. The Kier molecular flexibility index (Phi) is 4.43. The predicted octanol–water partition coefficient (Wildman–Crippen LogP) is 2.59. The van der Waals surface area contributed by atoms with E-state index in [4.69, 9.17) is 0 Å². The first-order chi connectivity index (χ1) is 9.08. The van der Waals surface area contributed by atoms with Gasteiger partial charge in [0.2, 0.25) is 0 Å². The minimum absolute atomic E-state index is 0.0979. The third-order valence-corrected chi connectivity index (χ3v) is 3.89. The zero-order valence-electron chi connectivity index (χ0n) is 9.50. The molecule has 0 aliphatic rings. The minimum Gasteiger partial charge on any atom is -0.346 e. The summed E-state index contributed by atoms with van der Waals surface area (Å²) in [6, 6.07) is 4.20. The monoisotopic (exact) mass is 389 g/mol. The number of nitro benzene ring substituents is 1. The normalized spacial score (nSPS) is 10.2. The van der Waals surface area contributed by atoms with Crippen LogP contribution in [0.5, 0.6) is 0 Å². The van der Waals surface area contributed by atoms with E-state index >= 15 is 0 Å². The number of non-ortho nitro benzene ring substituents is 1. The quantitative estimate of drug-likeness (QED) is 0.495. The van der Waals surface area contributed by atoms with Crippen LogP contribution in [0.4, 0.5) is 5.69 Å². The fraction of sp³-hybridized carbons (Fsp3) is 0.0909. The molecule has 19 heavy (non-hydrogen) atoms. The molecule has 1 aromatic heterocycles. The van der Waals surface area contributed by atoms with Crippen LogP contribution in [0.2, 0.25) is 0 Å². The van der Waals surface area contributed by atoms with E-state index in [1.165, 1.54) is 23.5 Å². The van der Waals surface area contributed by atoms with Crippen molar-refractivity contribution in [2.24, 2.45) is 0 Å². The molecular formula is C11H8IN3O3S. The van der Waals surface area contributed by atoms with E-state index in [1.807, 2.05) is 28.0 Å². The maximum absolute atomic E-state index is 12.0. The van der Waals surface area contributed by atoms with Gasteiger partial charge in [-0.2, -0.15) is 0 Å². The van der Waals surface area contributed by atoms with E-state index in [-0.39, 0.29) is 11.6 Å². The number of thiazole rings is 1. The molecule has 2 aromatic rings. The van der Waals surface area contributed by atoms with Gasteiger partial charge in [0.05, 0.1) is 28.2 Å². The lowest BCUT2D eigenvalue weighted by molar-refractivity contribution is -0.384. The van der Waals surface area contributed by atoms with Crippen LogP contribution in [-0.2, 0) is 6.54 Å². The highest BCUT2D eigenvalue weighted by Gasteiger charge is 2.15. The number of carbonyl (C=O) groups is 1. The van der Waals surface area contributed by atoms with Crippen LogP contribution in [0, 0.1) is 13.7 Å². The van der Waals surface area contributed by atoms with Crippen LogP contribution < -0.4 is 5.32 Å². The average molecular weight is 389 g/mol. The first-order valence-electron chi connectivity index (χ1n) is 5.17. The average Bonchev–Trinajstić information content (AvgIpc) is 2.89. The number of rotatable bonds is 4. The standard InChI is InChI=1S/C11H8IN3O3S/c12-10-2-1-8(15(17)18)3-9(10)11(16)13-4-7-5-19-6-14-7/h1-3,5-6H,4H2,(H,13,16). The number of nitrogens with one attached hydrogen (secondary N) is 1. The van der Waals surface area contributed by atoms with Crippen molar-refractivity contribution in [2.75, 3.05) is 0 Å². The van der Waals surface area contributed by atoms with E-state index < -0.39 is 4.92 Å². The minimum atomic E-state index is -0.521. The number of carbonyl (C=O) groups excluding carboxylic acids is 1. The molecule has 0 saturated carbocycles. The third kappa shape index (κ3) is 3.47. The van der Waals surface area contributed by atoms with Crippen molar-refractivity contribution >= 4 is 45.5 Å². The summed E-state index contributed by atoms with van der Waals surface area (Å²) >= 11 is 3.42. The largest absolute Gasteiger partial charge is 0.346 e. The van der Waals surface area contributed by atoms with Crippen molar-refractivity contribution in [3.05, 3.63) is 54.0 Å². The molecule has 98 valence electrons. The third-order valence-electron chi connectivity index (χ3n) is 2.32. The summed E-state index contributed by atoms with van der Waals surface area (Å²) in [4.78, 5) is 26.2. The van der Waals surface area contributed by atoms with Gasteiger partial charge in [-0.05, 0) is 28.7 Å². The van der Waals surface area contributed by atoms with Gasteiger partial charge in [-0.1, -0.05) is 0 Å². The molecule has 1 aromatic carbocycles. The molecule has 1 N–H and O–H groups in total. The second-order valence-corrected chi connectivity index (χ2v) is 5.46. The highest BCUT2D eigenvalue weighted by atomic mass is 127. The summed E-state index contributed by atoms with van der Waals surface area (Å²) in [7, 11) is 0. The van der Waals surface area contributed by atoms with Crippen molar-refractivity contribution in [2.45, 2.75) is 6.54 Å². The van der Waals surface area contributed by atoms with Crippen LogP contribution in [0.25, 0.3) is 0 Å². The number of amides is 1. The van der Waals surface area contributed by atoms with Gasteiger partial charge < -0.3 is 5.32 Å². The van der Waals surface area contributed by atoms with Crippen molar-refractivity contribution < 1.29 is 9.72 Å². The maximum Gasteiger partial charge on any atom is 0.270 e. The van der Waals surface area contributed by atoms with E-state index in [0.29, 0.717) is 15.7 Å². The number of hydrogen-bond acceptors (Lipinski definition) is 5. The highest BCUT2D eigenvalue weighted by molar-refractivity contribution is 14.1. The molecule has 0 aliphatic carbocycles. The maximum atomic E-state index is 12.0. The zero-order chi connectivity index (χ0) is 13.8. The van der Waals surface area contributed by atoms with Gasteiger partial charge in [-0.15, -0.1) is 11.3 Å². The molecule has 8 heteroatoms. The fourth-order valence-electron chi connectivity index (χ4n) is 1.39. The Morgan fingerprint density at radius 1 is 1.53 bits per heavy atom. The van der Waals surface area contributed by atoms with E-state index in [1.54, 1.807) is 11.6 Å². The fourth-order valence-corrected chi connectivity index (χ4v) is 2.53. The number of halogens is 1. The molecule has 0 atom stereocenters. The number of nitrogens with zero attached hydrogens (tertiary/aromatic N) is 2. The number of hydrogen-bond donors (Lipinski definition) is 1. The Bertz CT molecular complexity index is 616. The Hall–Kier alpha value is -1.55. The van der Waals surface area contributed by atoms with Crippen LogP contribution >= 0.6 is 33.9 Å². The Balaban J connectivity index is 2.14. The first-order valence-corrected chi connectivity index (χ1v) is 7.19. The second kappa shape index (κ2) is 6.06. The molecule has 1 heterocycles. The van der Waals surface area contributed by atoms with Crippen LogP contribution in [0.15, 0.2) is 29.1 Å². The summed E-state index contributed by atoms with van der Waals surface area (Å²) in [5.74, 6) is -0.346. The Labute approximate surface area is 126 Å². The highest BCUT2D eigenvalue weighted by Crippen LogP contribution is 2.19. The van der Waals surface area contributed by atoms with Crippen molar-refractivity contribution in [1.82, 2.24) is 10.3 Å². The van der Waals surface area contributed by atoms with Gasteiger partial charge in [-0.3, -0.25) is 14.9 Å². The molecule has 0 spiro atoms. The molecular weight excluding hydrogens is 381 g/mol. The molecule has 0 bridgehead atoms. The first kappa shape index (κ1) is 13.9. The SMILES string of the molecule is O=C(NCc1cscn1)c1cc([N+](=O)[O-])ccc1I. The summed E-state index contributed by atoms with van der Waals surface area (Å²) in [6.45, 7) is 0.307. The van der Waals surface area contributed by atoms with E-state index in [9.17, 15) is 14.9 Å². The lowest BCUT2D eigenvalue weighted by Gasteiger charge is -2.05. The van der Waals surface area contributed by atoms with Crippen molar-refractivity contribution in [1.29, 1.82) is 0 Å². The van der Waals surface area contributed by atoms with Crippen molar-refractivity contribution in [3.63, 3.8) is 0 Å². The molecule has 1 amide bonds. The van der Waals surface area contributed by atoms with Gasteiger partial charge in [0.1, 0.15) is 0 Å². The topological polar surface area (TPSA) is 85.1 Å². The van der Waals surface area contributed by atoms with E-state index in [0.717, 1.165) is 5.69 Å². The van der Waals surface area contributed by atoms with Gasteiger partial charge in [0.15, 0.2) is 0 Å². The number of benzene rings is 1. The summed E-state index contributed by atoms with van der Waals surface area (Å²) in [5, 5.41) is 15.2. The van der Waals surface area contributed by atoms with Crippen LogP contribution in [0.1, 0.15) is 16.1 Å². The Morgan fingerprint density at radius 2 is 2.32 bits per heavy atom. The molecule has 0 aliphatic heterocycles. The molecule has 0 unspecified atom stereocenters. The number of aromatic nitrogens is 1. The second-order valence-electron chi connectivity index (χ2n) is 3.58. The Morgan fingerprint density at radius 3 is 2.95 bits per heavy atom. The van der Waals surface area contributed by atoms with Gasteiger partial charge >= 0.3 is 0 Å². The van der Waals surface area contributed by atoms with E-state index in [2.05, 4.69) is 10.3 Å². The van der Waals surface area contributed by atoms with Gasteiger partial charge in [0, 0.05) is 21.1 Å². The van der Waals surface area contributed by atoms with Gasteiger partial charge in [-0.25, -0.2) is 4.98 Å². The smallest absolute Gasteiger partial charge is 0.270 e. The van der Waals surface area contributed by atoms with Gasteiger partial charge in [0.25, 0.3) is 11.6 Å². The lowest BCUT2D eigenvalue weighted by Crippen LogP contribution is -2.23. The zero-order valence-corrected chi connectivity index (χ0v) is 12.5. The predicted molar refractivity (Wildman–Crippen MR) is 79.1 cm³/mol. The summed E-state index contributed by atoms with van der Waals surface area (Å²) in [5.41, 5.74) is 2.64. The molecule has 0 radical (unpaired) electrons. The number of nitro groups is 1. The van der Waals surface area contributed by atoms with Crippen LogP contribution in [0.3, 0.4) is 0 Å². The molecule has 0 fully saturated rings.